The largest absolute Gasteiger partial charge is 0.394 e. The number of benzene rings is 1. The Balaban J connectivity index is 1.79. The number of likely N-dealkylation sites (N-methyl/N-ethyl adjacent to an activating group) is 1. The molecule has 0 fully saturated rings. The summed E-state index contributed by atoms with van der Waals surface area (Å²) in [6, 6.07) is 8.77. The molecule has 0 amide bonds. The second-order valence-electron chi connectivity index (χ2n) is 6.15. The van der Waals surface area contributed by atoms with E-state index >= 15 is 0 Å². The lowest BCUT2D eigenvalue weighted by atomic mass is 9.95. The molecule has 0 radical (unpaired) electrons. The van der Waals surface area contributed by atoms with Crippen LogP contribution in [0.1, 0.15) is 37.8 Å². The third kappa shape index (κ3) is 4.05. The standard InChI is InChI=1S/C17H28N2O/c1-3-18-17(2,14-20)10-6-11-19-12-9-15-7-4-5-8-16(15)13-19/h4-5,7-8,18,20H,3,6,9-14H2,1-2H3. The third-order valence-electron chi connectivity index (χ3n) is 4.37. The van der Waals surface area contributed by atoms with Crippen LogP contribution >= 0.6 is 0 Å². The molecule has 1 aliphatic rings. The molecule has 3 nitrogen and oxygen atoms in total. The highest BCUT2D eigenvalue weighted by Gasteiger charge is 2.22. The van der Waals surface area contributed by atoms with Gasteiger partial charge in [-0.3, -0.25) is 4.90 Å². The zero-order valence-corrected chi connectivity index (χ0v) is 12.9. The molecule has 1 atom stereocenters. The minimum atomic E-state index is -0.123. The molecular formula is C17H28N2O. The number of hydrogen-bond acceptors (Lipinski definition) is 3. The van der Waals surface area contributed by atoms with Crippen LogP contribution in [0.2, 0.25) is 0 Å². The van der Waals surface area contributed by atoms with E-state index in [1.807, 2.05) is 0 Å². The smallest absolute Gasteiger partial charge is 0.0610 e. The summed E-state index contributed by atoms with van der Waals surface area (Å²) in [7, 11) is 0. The van der Waals surface area contributed by atoms with Crippen LogP contribution in [0.15, 0.2) is 24.3 Å². The Kier molecular flexibility index (Phi) is 5.58. The van der Waals surface area contributed by atoms with Gasteiger partial charge < -0.3 is 10.4 Å². The number of fused-ring (bicyclic) bond motifs is 1. The summed E-state index contributed by atoms with van der Waals surface area (Å²) in [4.78, 5) is 2.53. The molecule has 3 heteroatoms. The third-order valence-corrected chi connectivity index (χ3v) is 4.37. The van der Waals surface area contributed by atoms with Gasteiger partial charge in [-0.2, -0.15) is 0 Å². The first kappa shape index (κ1) is 15.5. The van der Waals surface area contributed by atoms with Gasteiger partial charge in [0.2, 0.25) is 0 Å². The van der Waals surface area contributed by atoms with E-state index in [2.05, 4.69) is 48.3 Å². The maximum atomic E-state index is 9.51. The molecule has 0 bridgehead atoms. The van der Waals surface area contributed by atoms with Gasteiger partial charge in [-0.15, -0.1) is 0 Å². The molecule has 1 heterocycles. The fourth-order valence-corrected chi connectivity index (χ4v) is 3.09. The fourth-order valence-electron chi connectivity index (χ4n) is 3.09. The Morgan fingerprint density at radius 1 is 1.30 bits per heavy atom. The van der Waals surface area contributed by atoms with E-state index in [9.17, 15) is 5.11 Å². The van der Waals surface area contributed by atoms with Crippen LogP contribution in [0.4, 0.5) is 0 Å². The second kappa shape index (κ2) is 7.21. The van der Waals surface area contributed by atoms with Crippen molar-refractivity contribution in [2.75, 3.05) is 26.2 Å². The van der Waals surface area contributed by atoms with Gasteiger partial charge in [0, 0.05) is 18.6 Å². The van der Waals surface area contributed by atoms with Crippen LogP contribution in [0.25, 0.3) is 0 Å². The van der Waals surface area contributed by atoms with Gasteiger partial charge in [0.05, 0.1) is 6.61 Å². The monoisotopic (exact) mass is 276 g/mol. The number of aliphatic hydroxyl groups is 1. The number of hydrogen-bond donors (Lipinski definition) is 2. The Hall–Kier alpha value is -0.900. The molecule has 0 aromatic heterocycles. The van der Waals surface area contributed by atoms with E-state index in [0.717, 1.165) is 39.0 Å². The summed E-state index contributed by atoms with van der Waals surface area (Å²) in [5.41, 5.74) is 2.87. The minimum Gasteiger partial charge on any atom is -0.394 e. The first-order chi connectivity index (χ1) is 9.67. The van der Waals surface area contributed by atoms with Crippen LogP contribution in [0.5, 0.6) is 0 Å². The van der Waals surface area contributed by atoms with Crippen LogP contribution in [-0.4, -0.2) is 41.8 Å². The first-order valence-electron chi connectivity index (χ1n) is 7.82. The predicted molar refractivity (Wildman–Crippen MR) is 83.8 cm³/mol. The van der Waals surface area contributed by atoms with Crippen molar-refractivity contribution in [3.8, 4) is 0 Å². The Labute approximate surface area is 123 Å². The van der Waals surface area contributed by atoms with Gasteiger partial charge in [0.1, 0.15) is 0 Å². The molecule has 0 saturated heterocycles. The lowest BCUT2D eigenvalue weighted by molar-refractivity contribution is 0.156. The molecule has 1 aromatic carbocycles. The highest BCUT2D eigenvalue weighted by Crippen LogP contribution is 2.19. The molecule has 2 rings (SSSR count). The highest BCUT2D eigenvalue weighted by molar-refractivity contribution is 5.28. The topological polar surface area (TPSA) is 35.5 Å². The van der Waals surface area contributed by atoms with E-state index in [-0.39, 0.29) is 12.1 Å². The zero-order valence-electron chi connectivity index (χ0n) is 12.9. The summed E-state index contributed by atoms with van der Waals surface area (Å²) in [5.74, 6) is 0. The summed E-state index contributed by atoms with van der Waals surface area (Å²) < 4.78 is 0. The minimum absolute atomic E-state index is 0.123. The molecule has 0 spiro atoms. The van der Waals surface area contributed by atoms with Gasteiger partial charge in [0.25, 0.3) is 0 Å². The molecule has 20 heavy (non-hydrogen) atoms. The SMILES string of the molecule is CCNC(C)(CO)CCCN1CCc2ccccc2C1. The van der Waals surface area contributed by atoms with Crippen LogP contribution in [0, 0.1) is 0 Å². The highest BCUT2D eigenvalue weighted by atomic mass is 16.3. The van der Waals surface area contributed by atoms with Crippen molar-refractivity contribution in [2.45, 2.75) is 45.2 Å². The average molecular weight is 276 g/mol. The molecule has 1 aromatic rings. The van der Waals surface area contributed by atoms with Crippen LogP contribution in [0.3, 0.4) is 0 Å². The maximum Gasteiger partial charge on any atom is 0.0610 e. The molecule has 0 aliphatic carbocycles. The average Bonchev–Trinajstić information content (AvgIpc) is 2.47. The summed E-state index contributed by atoms with van der Waals surface area (Å²) >= 11 is 0. The number of nitrogens with zero attached hydrogens (tertiary/aromatic N) is 1. The van der Waals surface area contributed by atoms with Crippen molar-refractivity contribution >= 4 is 0 Å². The van der Waals surface area contributed by atoms with E-state index in [1.165, 1.54) is 17.5 Å². The van der Waals surface area contributed by atoms with Crippen molar-refractivity contribution in [1.82, 2.24) is 10.2 Å². The molecule has 2 N–H and O–H groups in total. The van der Waals surface area contributed by atoms with Crippen LogP contribution in [-0.2, 0) is 13.0 Å². The van der Waals surface area contributed by atoms with Gasteiger partial charge >= 0.3 is 0 Å². The predicted octanol–water partition coefficient (Wildman–Crippen LogP) is 2.19. The van der Waals surface area contributed by atoms with Crippen molar-refractivity contribution in [1.29, 1.82) is 0 Å². The second-order valence-corrected chi connectivity index (χ2v) is 6.15. The quantitative estimate of drug-likeness (QED) is 0.801. The number of nitrogens with one attached hydrogen (secondary N) is 1. The van der Waals surface area contributed by atoms with Crippen molar-refractivity contribution in [3.05, 3.63) is 35.4 Å². The van der Waals surface area contributed by atoms with Gasteiger partial charge in [0.15, 0.2) is 0 Å². The maximum absolute atomic E-state index is 9.51. The molecule has 1 aliphatic heterocycles. The van der Waals surface area contributed by atoms with Crippen molar-refractivity contribution < 1.29 is 5.11 Å². The zero-order chi connectivity index (χ0) is 14.4. The Morgan fingerprint density at radius 2 is 2.05 bits per heavy atom. The van der Waals surface area contributed by atoms with Crippen molar-refractivity contribution in [2.24, 2.45) is 0 Å². The van der Waals surface area contributed by atoms with Gasteiger partial charge in [-0.1, -0.05) is 31.2 Å². The van der Waals surface area contributed by atoms with E-state index in [0.29, 0.717) is 0 Å². The molecule has 0 saturated carbocycles. The lowest BCUT2D eigenvalue weighted by Crippen LogP contribution is -2.46. The van der Waals surface area contributed by atoms with Gasteiger partial charge in [-0.05, 0) is 50.4 Å². The normalized spacial score (nSPS) is 18.6. The van der Waals surface area contributed by atoms with E-state index < -0.39 is 0 Å². The molecule has 1 unspecified atom stereocenters. The summed E-state index contributed by atoms with van der Waals surface area (Å²) in [6.07, 6.45) is 3.32. The Morgan fingerprint density at radius 3 is 2.75 bits per heavy atom. The van der Waals surface area contributed by atoms with Crippen LogP contribution < -0.4 is 5.32 Å². The van der Waals surface area contributed by atoms with E-state index in [1.54, 1.807) is 0 Å². The summed E-state index contributed by atoms with van der Waals surface area (Å²) in [6.45, 7) is 8.69. The lowest BCUT2D eigenvalue weighted by Gasteiger charge is -2.32. The first-order valence-corrected chi connectivity index (χ1v) is 7.82. The summed E-state index contributed by atoms with van der Waals surface area (Å²) in [5, 5.41) is 12.9. The molecular weight excluding hydrogens is 248 g/mol. The van der Waals surface area contributed by atoms with Gasteiger partial charge in [-0.25, -0.2) is 0 Å². The Bertz CT molecular complexity index is 421. The number of aliphatic hydroxyl groups excluding tert-OH is 1. The van der Waals surface area contributed by atoms with Crippen molar-refractivity contribution in [3.63, 3.8) is 0 Å². The fraction of sp³-hybridized carbons (Fsp3) is 0.647. The number of rotatable bonds is 7. The molecule has 112 valence electrons. The van der Waals surface area contributed by atoms with E-state index in [4.69, 9.17) is 0 Å².